The standard InChI is InChI=1S/C25H30ClN3S/c1-18-22(26)13-9-14-23(18)27-25(30)29(20-10-5-3-4-6-11-20)17-19-16-28(2)24-15-8-7-12-21(19)24/h7-9,12-16,20H,3-6,10-11,17H2,1-2H3,(H,27,30). The summed E-state index contributed by atoms with van der Waals surface area (Å²) >= 11 is 12.3. The number of thiocarbonyl (C=S) groups is 1. The molecule has 2 aromatic carbocycles. The van der Waals surface area contributed by atoms with Crippen molar-refractivity contribution in [1.29, 1.82) is 0 Å². The molecule has 0 unspecified atom stereocenters. The highest BCUT2D eigenvalue weighted by atomic mass is 35.5. The Bertz CT molecular complexity index is 1030. The molecule has 1 aliphatic carbocycles. The predicted octanol–water partition coefficient (Wildman–Crippen LogP) is 7.06. The normalized spacial score (nSPS) is 15.2. The maximum Gasteiger partial charge on any atom is 0.173 e. The number of halogens is 1. The molecule has 1 aromatic heterocycles. The molecule has 0 saturated heterocycles. The minimum Gasteiger partial charge on any atom is -0.350 e. The van der Waals surface area contributed by atoms with Crippen LogP contribution in [0.1, 0.15) is 49.7 Å². The lowest BCUT2D eigenvalue weighted by Crippen LogP contribution is -2.42. The lowest BCUT2D eigenvalue weighted by molar-refractivity contribution is 0.281. The molecule has 4 rings (SSSR count). The van der Waals surface area contributed by atoms with E-state index in [2.05, 4.69) is 58.4 Å². The third-order valence-corrected chi connectivity index (χ3v) is 7.10. The van der Waals surface area contributed by atoms with Crippen molar-refractivity contribution < 1.29 is 0 Å². The minimum absolute atomic E-state index is 0.464. The molecule has 158 valence electrons. The molecule has 1 heterocycles. The Labute approximate surface area is 190 Å². The van der Waals surface area contributed by atoms with Crippen LogP contribution in [-0.4, -0.2) is 20.6 Å². The second-order valence-electron chi connectivity index (χ2n) is 8.40. The number of rotatable bonds is 4. The van der Waals surface area contributed by atoms with Gasteiger partial charge in [0.25, 0.3) is 0 Å². The molecule has 1 aliphatic rings. The smallest absolute Gasteiger partial charge is 0.173 e. The second-order valence-corrected chi connectivity index (χ2v) is 9.19. The Kier molecular flexibility index (Phi) is 6.64. The summed E-state index contributed by atoms with van der Waals surface area (Å²) in [6.45, 7) is 2.85. The van der Waals surface area contributed by atoms with Gasteiger partial charge in [0.05, 0.1) is 0 Å². The zero-order valence-electron chi connectivity index (χ0n) is 17.8. The molecule has 0 aliphatic heterocycles. The van der Waals surface area contributed by atoms with E-state index in [0.717, 1.165) is 27.9 Å². The molecule has 1 N–H and O–H groups in total. The third kappa shape index (κ3) is 4.50. The molecule has 30 heavy (non-hydrogen) atoms. The van der Waals surface area contributed by atoms with Gasteiger partial charge in [0.15, 0.2) is 5.11 Å². The Morgan fingerprint density at radius 2 is 1.83 bits per heavy atom. The van der Waals surface area contributed by atoms with Gasteiger partial charge in [-0.15, -0.1) is 0 Å². The van der Waals surface area contributed by atoms with Gasteiger partial charge in [-0.25, -0.2) is 0 Å². The number of aryl methyl sites for hydroxylation is 1. The van der Waals surface area contributed by atoms with Crippen LogP contribution in [0.25, 0.3) is 10.9 Å². The zero-order chi connectivity index (χ0) is 21.1. The van der Waals surface area contributed by atoms with Gasteiger partial charge in [0.1, 0.15) is 0 Å². The van der Waals surface area contributed by atoms with E-state index in [4.69, 9.17) is 23.8 Å². The van der Waals surface area contributed by atoms with Crippen molar-refractivity contribution in [2.45, 2.75) is 58.0 Å². The third-order valence-electron chi connectivity index (χ3n) is 6.36. The Morgan fingerprint density at radius 3 is 2.60 bits per heavy atom. The lowest BCUT2D eigenvalue weighted by atomic mass is 10.1. The first kappa shape index (κ1) is 21.2. The van der Waals surface area contributed by atoms with Crippen molar-refractivity contribution >= 4 is 45.5 Å². The first-order valence-electron chi connectivity index (χ1n) is 10.9. The van der Waals surface area contributed by atoms with Gasteiger partial charge in [-0.3, -0.25) is 0 Å². The first-order valence-corrected chi connectivity index (χ1v) is 11.7. The highest BCUT2D eigenvalue weighted by Crippen LogP contribution is 2.29. The molecule has 3 aromatic rings. The van der Waals surface area contributed by atoms with Crippen LogP contribution in [0.3, 0.4) is 0 Å². The summed E-state index contributed by atoms with van der Waals surface area (Å²) in [4.78, 5) is 2.42. The number of nitrogens with one attached hydrogen (secondary N) is 1. The van der Waals surface area contributed by atoms with Crippen LogP contribution in [0, 0.1) is 6.92 Å². The number of nitrogens with zero attached hydrogens (tertiary/aromatic N) is 2. The molecule has 0 atom stereocenters. The van der Waals surface area contributed by atoms with E-state index in [1.807, 2.05) is 19.1 Å². The fourth-order valence-corrected chi connectivity index (χ4v) is 5.10. The molecule has 0 spiro atoms. The molecule has 5 heteroatoms. The Hall–Kier alpha value is -2.04. The maximum atomic E-state index is 6.35. The van der Waals surface area contributed by atoms with Crippen LogP contribution in [0.5, 0.6) is 0 Å². The fraction of sp³-hybridized carbons (Fsp3) is 0.400. The maximum absolute atomic E-state index is 6.35. The highest BCUT2D eigenvalue weighted by molar-refractivity contribution is 7.80. The first-order chi connectivity index (χ1) is 14.5. The quantitative estimate of drug-likeness (QED) is 0.347. The zero-order valence-corrected chi connectivity index (χ0v) is 19.4. The Morgan fingerprint density at radius 1 is 1.10 bits per heavy atom. The average Bonchev–Trinajstić information content (AvgIpc) is 2.91. The molecule has 0 bridgehead atoms. The van der Waals surface area contributed by atoms with E-state index in [-0.39, 0.29) is 0 Å². The van der Waals surface area contributed by atoms with Crippen molar-refractivity contribution in [3.63, 3.8) is 0 Å². The molecule has 0 amide bonds. The summed E-state index contributed by atoms with van der Waals surface area (Å²) in [5.41, 5.74) is 4.61. The van der Waals surface area contributed by atoms with Crippen LogP contribution in [-0.2, 0) is 13.6 Å². The fourth-order valence-electron chi connectivity index (χ4n) is 4.60. The number of hydrogen-bond donors (Lipinski definition) is 1. The topological polar surface area (TPSA) is 20.2 Å². The van der Waals surface area contributed by atoms with Gasteiger partial charge in [-0.05, 0) is 61.3 Å². The van der Waals surface area contributed by atoms with E-state index >= 15 is 0 Å². The van der Waals surface area contributed by atoms with Gasteiger partial charge in [-0.1, -0.05) is 61.5 Å². The van der Waals surface area contributed by atoms with Crippen LogP contribution < -0.4 is 5.32 Å². The number of fused-ring (bicyclic) bond motifs is 1. The minimum atomic E-state index is 0.464. The van der Waals surface area contributed by atoms with E-state index in [1.54, 1.807) is 0 Å². The van der Waals surface area contributed by atoms with Crippen molar-refractivity contribution in [2.24, 2.45) is 7.05 Å². The van der Waals surface area contributed by atoms with E-state index in [0.29, 0.717) is 6.04 Å². The van der Waals surface area contributed by atoms with Gasteiger partial charge < -0.3 is 14.8 Å². The van der Waals surface area contributed by atoms with E-state index in [1.165, 1.54) is 55.0 Å². The van der Waals surface area contributed by atoms with Crippen LogP contribution in [0.15, 0.2) is 48.7 Å². The largest absolute Gasteiger partial charge is 0.350 e. The summed E-state index contributed by atoms with van der Waals surface area (Å²) in [5, 5.41) is 6.37. The molecular weight excluding hydrogens is 410 g/mol. The van der Waals surface area contributed by atoms with Gasteiger partial charge in [0.2, 0.25) is 0 Å². The van der Waals surface area contributed by atoms with Gasteiger partial charge in [0, 0.05) is 47.4 Å². The van der Waals surface area contributed by atoms with Crippen LogP contribution in [0.4, 0.5) is 5.69 Å². The van der Waals surface area contributed by atoms with Crippen LogP contribution >= 0.6 is 23.8 Å². The van der Waals surface area contributed by atoms with E-state index < -0.39 is 0 Å². The molecule has 1 fully saturated rings. The van der Waals surface area contributed by atoms with Crippen molar-refractivity contribution in [2.75, 3.05) is 5.32 Å². The van der Waals surface area contributed by atoms with Crippen molar-refractivity contribution in [3.8, 4) is 0 Å². The predicted molar refractivity (Wildman–Crippen MR) is 132 cm³/mol. The summed E-state index contributed by atoms with van der Waals surface area (Å²) in [7, 11) is 2.12. The number of benzene rings is 2. The molecule has 1 saturated carbocycles. The van der Waals surface area contributed by atoms with Gasteiger partial charge in [-0.2, -0.15) is 0 Å². The molecule has 3 nitrogen and oxygen atoms in total. The Balaban J connectivity index is 1.65. The monoisotopic (exact) mass is 439 g/mol. The van der Waals surface area contributed by atoms with Crippen LogP contribution in [0.2, 0.25) is 5.02 Å². The molecular formula is C25H30ClN3S. The number of hydrogen-bond acceptors (Lipinski definition) is 1. The highest BCUT2D eigenvalue weighted by Gasteiger charge is 2.24. The van der Waals surface area contributed by atoms with Crippen molar-refractivity contribution in [3.05, 3.63) is 64.8 Å². The van der Waals surface area contributed by atoms with Crippen molar-refractivity contribution in [1.82, 2.24) is 9.47 Å². The number of aromatic nitrogens is 1. The second kappa shape index (κ2) is 9.40. The molecule has 0 radical (unpaired) electrons. The van der Waals surface area contributed by atoms with Gasteiger partial charge >= 0.3 is 0 Å². The SMILES string of the molecule is Cc1c(Cl)cccc1NC(=S)N(Cc1cn(C)c2ccccc12)C1CCCCCC1. The van der Waals surface area contributed by atoms with E-state index in [9.17, 15) is 0 Å². The average molecular weight is 440 g/mol. The number of para-hydroxylation sites is 1. The summed E-state index contributed by atoms with van der Waals surface area (Å²) in [6.07, 6.45) is 9.84. The lowest BCUT2D eigenvalue weighted by Gasteiger charge is -2.34. The summed E-state index contributed by atoms with van der Waals surface area (Å²) in [6, 6.07) is 15.0. The number of anilines is 1. The summed E-state index contributed by atoms with van der Waals surface area (Å²) in [5.74, 6) is 0. The summed E-state index contributed by atoms with van der Waals surface area (Å²) < 4.78 is 2.22.